The molecule has 0 fully saturated rings. The molecular weight excluding hydrogens is 383 g/mol. The minimum Gasteiger partial charge on any atom is -0.360 e. The highest BCUT2D eigenvalue weighted by molar-refractivity contribution is 6.39. The van der Waals surface area contributed by atoms with Crippen LogP contribution in [0.15, 0.2) is 41.1 Å². The quantitative estimate of drug-likeness (QED) is 0.516. The highest BCUT2D eigenvalue weighted by Gasteiger charge is 2.25. The van der Waals surface area contributed by atoms with Crippen LogP contribution in [-0.4, -0.2) is 21.0 Å². The van der Waals surface area contributed by atoms with Crippen molar-refractivity contribution in [3.05, 3.63) is 68.0 Å². The number of aromatic nitrogens is 2. The zero-order valence-corrected chi connectivity index (χ0v) is 14.7. The Morgan fingerprint density at radius 1 is 1.23 bits per heavy atom. The molecule has 0 unspecified atom stereocenters. The number of nitrogens with one attached hydrogen (secondary N) is 1. The molecule has 10 heteroatoms. The van der Waals surface area contributed by atoms with Crippen molar-refractivity contribution < 1.29 is 14.2 Å². The third-order valence-electron chi connectivity index (χ3n) is 3.49. The second-order valence-corrected chi connectivity index (χ2v) is 5.99. The van der Waals surface area contributed by atoms with Crippen molar-refractivity contribution in [2.75, 3.05) is 5.32 Å². The summed E-state index contributed by atoms with van der Waals surface area (Å²) in [7, 11) is 0. The molecule has 0 atom stereocenters. The Bertz CT molecular complexity index is 982. The number of amides is 1. The number of carbonyl (C=O) groups is 1. The van der Waals surface area contributed by atoms with Crippen LogP contribution in [0.25, 0.3) is 11.3 Å². The first-order valence-corrected chi connectivity index (χ1v) is 7.96. The lowest BCUT2D eigenvalue weighted by Gasteiger charge is -2.07. The molecule has 0 saturated heterocycles. The Morgan fingerprint density at radius 3 is 2.50 bits per heavy atom. The van der Waals surface area contributed by atoms with Crippen molar-refractivity contribution in [2.24, 2.45) is 0 Å². The minimum absolute atomic E-state index is 0.136. The summed E-state index contributed by atoms with van der Waals surface area (Å²) >= 11 is 12.4. The van der Waals surface area contributed by atoms with Crippen molar-refractivity contribution in [1.29, 1.82) is 0 Å². The lowest BCUT2D eigenvalue weighted by Crippen LogP contribution is -2.14. The van der Waals surface area contributed by atoms with E-state index < -0.39 is 10.8 Å². The monoisotopic (exact) mass is 392 g/mol. The van der Waals surface area contributed by atoms with Crippen LogP contribution in [0.1, 0.15) is 16.1 Å². The van der Waals surface area contributed by atoms with Gasteiger partial charge in [0.15, 0.2) is 0 Å². The molecule has 2 heterocycles. The molecule has 0 radical (unpaired) electrons. The molecule has 0 aliphatic rings. The van der Waals surface area contributed by atoms with E-state index >= 15 is 0 Å². The van der Waals surface area contributed by atoms with Crippen molar-refractivity contribution in [1.82, 2.24) is 10.1 Å². The summed E-state index contributed by atoms with van der Waals surface area (Å²) in [6.45, 7) is 1.57. The summed E-state index contributed by atoms with van der Waals surface area (Å²) in [6.07, 6.45) is 1.04. The number of pyridine rings is 1. The zero-order valence-electron chi connectivity index (χ0n) is 13.2. The Kier molecular flexibility index (Phi) is 4.88. The van der Waals surface area contributed by atoms with Crippen LogP contribution in [0.3, 0.4) is 0 Å². The van der Waals surface area contributed by atoms with Gasteiger partial charge in [0, 0.05) is 11.6 Å². The SMILES string of the molecule is Cc1onc(-c2c(Cl)cccc2Cl)c1C(=O)Nc1ccc([N+](=O)[O-])cn1. The molecular formula is C16H10Cl2N4O4. The molecule has 2 aromatic heterocycles. The number of benzene rings is 1. The van der Waals surface area contributed by atoms with Crippen molar-refractivity contribution in [3.8, 4) is 11.3 Å². The fourth-order valence-electron chi connectivity index (χ4n) is 2.28. The first-order valence-electron chi connectivity index (χ1n) is 7.21. The molecule has 0 aliphatic heterocycles. The molecule has 0 aliphatic carbocycles. The zero-order chi connectivity index (χ0) is 18.8. The van der Waals surface area contributed by atoms with E-state index in [1.807, 2.05) is 0 Å². The number of hydrogen-bond acceptors (Lipinski definition) is 6. The molecule has 3 aromatic rings. The number of rotatable bonds is 4. The smallest absolute Gasteiger partial charge is 0.287 e. The molecule has 1 aromatic carbocycles. The summed E-state index contributed by atoms with van der Waals surface area (Å²) in [6, 6.07) is 7.45. The maximum Gasteiger partial charge on any atom is 0.287 e. The second kappa shape index (κ2) is 7.11. The van der Waals surface area contributed by atoms with Gasteiger partial charge in [-0.25, -0.2) is 4.98 Å². The van der Waals surface area contributed by atoms with Crippen LogP contribution in [0.5, 0.6) is 0 Å². The first-order chi connectivity index (χ1) is 12.4. The molecule has 0 spiro atoms. The van der Waals surface area contributed by atoms with Gasteiger partial charge in [0.1, 0.15) is 29.0 Å². The van der Waals surface area contributed by atoms with Crippen LogP contribution >= 0.6 is 23.2 Å². The largest absolute Gasteiger partial charge is 0.360 e. The van der Waals surface area contributed by atoms with Crippen molar-refractivity contribution in [2.45, 2.75) is 6.92 Å². The number of anilines is 1. The predicted molar refractivity (Wildman–Crippen MR) is 95.5 cm³/mol. The van der Waals surface area contributed by atoms with Crippen LogP contribution < -0.4 is 5.32 Å². The predicted octanol–water partition coefficient (Wildman–Crippen LogP) is 4.51. The van der Waals surface area contributed by atoms with Crippen molar-refractivity contribution in [3.63, 3.8) is 0 Å². The average molecular weight is 393 g/mol. The molecule has 3 rings (SSSR count). The number of nitrogens with zero attached hydrogens (tertiary/aromatic N) is 3. The molecule has 132 valence electrons. The molecule has 1 N–H and O–H groups in total. The Balaban J connectivity index is 1.96. The Morgan fingerprint density at radius 2 is 1.92 bits per heavy atom. The van der Waals surface area contributed by atoms with Gasteiger partial charge in [0.05, 0.1) is 15.0 Å². The van der Waals surface area contributed by atoms with E-state index in [1.165, 1.54) is 12.1 Å². The maximum absolute atomic E-state index is 12.7. The molecule has 1 amide bonds. The maximum atomic E-state index is 12.7. The average Bonchev–Trinajstić information content (AvgIpc) is 2.96. The van der Waals surface area contributed by atoms with E-state index in [2.05, 4.69) is 15.5 Å². The van der Waals surface area contributed by atoms with Gasteiger partial charge in [0.2, 0.25) is 0 Å². The molecule has 0 bridgehead atoms. The number of aryl methyl sites for hydroxylation is 1. The summed E-state index contributed by atoms with van der Waals surface area (Å²) in [5.41, 5.74) is 0.514. The van der Waals surface area contributed by atoms with Gasteiger partial charge in [-0.15, -0.1) is 0 Å². The Hall–Kier alpha value is -2.97. The van der Waals surface area contributed by atoms with E-state index in [0.29, 0.717) is 15.6 Å². The van der Waals surface area contributed by atoms with Gasteiger partial charge in [-0.1, -0.05) is 34.4 Å². The summed E-state index contributed by atoms with van der Waals surface area (Å²) in [5.74, 6) is -0.163. The second-order valence-electron chi connectivity index (χ2n) is 5.17. The number of halogens is 2. The minimum atomic E-state index is -0.583. The fourth-order valence-corrected chi connectivity index (χ4v) is 2.86. The van der Waals surface area contributed by atoms with Crippen LogP contribution in [0.4, 0.5) is 11.5 Å². The van der Waals surface area contributed by atoms with Crippen molar-refractivity contribution >= 4 is 40.6 Å². The highest BCUT2D eigenvalue weighted by Crippen LogP contribution is 2.36. The fraction of sp³-hybridized carbons (Fsp3) is 0.0625. The normalized spacial score (nSPS) is 10.6. The van der Waals surface area contributed by atoms with Gasteiger partial charge >= 0.3 is 0 Å². The highest BCUT2D eigenvalue weighted by atomic mass is 35.5. The first kappa shape index (κ1) is 17.8. The van der Waals surface area contributed by atoms with Gasteiger partial charge in [-0.2, -0.15) is 0 Å². The topological polar surface area (TPSA) is 111 Å². The third kappa shape index (κ3) is 3.37. The van der Waals surface area contributed by atoms with Gasteiger partial charge in [-0.3, -0.25) is 14.9 Å². The van der Waals surface area contributed by atoms with Gasteiger partial charge < -0.3 is 9.84 Å². The molecule has 8 nitrogen and oxygen atoms in total. The van der Waals surface area contributed by atoms with Crippen LogP contribution in [-0.2, 0) is 0 Å². The van der Waals surface area contributed by atoms with Gasteiger partial charge in [-0.05, 0) is 25.1 Å². The van der Waals surface area contributed by atoms with E-state index in [-0.39, 0.29) is 28.5 Å². The number of carbonyl (C=O) groups excluding carboxylic acids is 1. The van der Waals surface area contributed by atoms with Gasteiger partial charge in [0.25, 0.3) is 11.6 Å². The van der Waals surface area contributed by atoms with Crippen LogP contribution in [0, 0.1) is 17.0 Å². The third-order valence-corrected chi connectivity index (χ3v) is 4.12. The van der Waals surface area contributed by atoms with E-state index in [9.17, 15) is 14.9 Å². The van der Waals surface area contributed by atoms with E-state index in [0.717, 1.165) is 6.20 Å². The number of nitro groups is 1. The van der Waals surface area contributed by atoms with E-state index in [4.69, 9.17) is 27.7 Å². The number of hydrogen-bond donors (Lipinski definition) is 1. The summed E-state index contributed by atoms with van der Waals surface area (Å²) < 4.78 is 5.13. The van der Waals surface area contributed by atoms with E-state index in [1.54, 1.807) is 25.1 Å². The van der Waals surface area contributed by atoms with Crippen LogP contribution in [0.2, 0.25) is 10.0 Å². The molecule has 26 heavy (non-hydrogen) atoms. The standard InChI is InChI=1S/C16H10Cl2N4O4/c1-8-13(15(21-26-8)14-10(17)3-2-4-11(14)18)16(23)20-12-6-5-9(7-19-12)22(24)25/h2-7H,1H3,(H,19,20,23). The summed E-state index contributed by atoms with van der Waals surface area (Å²) in [4.78, 5) is 26.6. The Labute approximate surface area is 156 Å². The lowest BCUT2D eigenvalue weighted by atomic mass is 10.1. The summed E-state index contributed by atoms with van der Waals surface area (Å²) in [5, 5.41) is 17.7. The lowest BCUT2D eigenvalue weighted by molar-refractivity contribution is -0.385. The molecule has 0 saturated carbocycles.